The number of amides is 3. The van der Waals surface area contributed by atoms with Crippen LogP contribution in [0.15, 0.2) is 42.6 Å². The number of nitrogens with zero attached hydrogens (tertiary/aromatic N) is 3. The lowest BCUT2D eigenvalue weighted by atomic mass is 9.97. The lowest BCUT2D eigenvalue weighted by Crippen LogP contribution is -2.41. The normalized spacial score (nSPS) is 18.5. The van der Waals surface area contributed by atoms with Gasteiger partial charge in [-0.2, -0.15) is 0 Å². The summed E-state index contributed by atoms with van der Waals surface area (Å²) in [6.45, 7) is 1.97. The summed E-state index contributed by atoms with van der Waals surface area (Å²) >= 11 is 0. The third kappa shape index (κ3) is 5.16. The number of primary amides is 1. The zero-order valence-electron chi connectivity index (χ0n) is 17.8. The average Bonchev–Trinajstić information content (AvgIpc) is 3.24. The van der Waals surface area contributed by atoms with Gasteiger partial charge in [0.25, 0.3) is 5.91 Å². The molecule has 1 atom stereocenters. The molecule has 2 aromatic rings. The van der Waals surface area contributed by atoms with Crippen LogP contribution in [0.3, 0.4) is 0 Å². The number of pyridine rings is 1. The third-order valence-electron chi connectivity index (χ3n) is 5.77. The van der Waals surface area contributed by atoms with Crippen LogP contribution in [-0.4, -0.2) is 48.9 Å². The van der Waals surface area contributed by atoms with Crippen LogP contribution >= 0.6 is 0 Å². The molecule has 1 aromatic heterocycles. The predicted octanol–water partition coefficient (Wildman–Crippen LogP) is 1.93. The van der Waals surface area contributed by atoms with Crippen LogP contribution in [0.4, 0.5) is 17.2 Å². The van der Waals surface area contributed by atoms with Crippen molar-refractivity contribution in [3.05, 3.63) is 42.6 Å². The standard InChI is InChI=1S/C23H27N5O4/c24-23(31)16-3-1-11-27(14-16)20-10-5-17(13-25-20)26-21(29)15-32-19-8-6-18(7-9-19)28-12-2-4-22(28)30/h5-10,13,16H,1-4,11-12,14-15H2,(H2,24,31)(H,26,29). The molecule has 3 amide bonds. The van der Waals surface area contributed by atoms with Crippen molar-refractivity contribution in [2.24, 2.45) is 11.7 Å². The van der Waals surface area contributed by atoms with Gasteiger partial charge in [0.2, 0.25) is 11.8 Å². The molecule has 2 aliphatic rings. The van der Waals surface area contributed by atoms with Crippen molar-refractivity contribution < 1.29 is 19.1 Å². The summed E-state index contributed by atoms with van der Waals surface area (Å²) < 4.78 is 5.55. The zero-order chi connectivity index (χ0) is 22.5. The number of hydrogen-bond donors (Lipinski definition) is 2. The minimum atomic E-state index is -0.301. The van der Waals surface area contributed by atoms with Gasteiger partial charge in [-0.1, -0.05) is 0 Å². The topological polar surface area (TPSA) is 118 Å². The van der Waals surface area contributed by atoms with Crippen LogP contribution in [-0.2, 0) is 14.4 Å². The van der Waals surface area contributed by atoms with Gasteiger partial charge >= 0.3 is 0 Å². The monoisotopic (exact) mass is 437 g/mol. The molecule has 0 aliphatic carbocycles. The molecule has 3 N–H and O–H groups in total. The fraction of sp³-hybridized carbons (Fsp3) is 0.391. The van der Waals surface area contributed by atoms with Crippen molar-refractivity contribution in [3.63, 3.8) is 0 Å². The van der Waals surface area contributed by atoms with Gasteiger partial charge in [-0.15, -0.1) is 0 Å². The predicted molar refractivity (Wildman–Crippen MR) is 121 cm³/mol. The first kappa shape index (κ1) is 21.6. The number of hydrogen-bond acceptors (Lipinski definition) is 6. The Morgan fingerprint density at radius 1 is 1.12 bits per heavy atom. The van der Waals surface area contributed by atoms with Crippen LogP contribution in [0.1, 0.15) is 25.7 Å². The molecule has 0 spiro atoms. The first-order valence-electron chi connectivity index (χ1n) is 10.8. The highest BCUT2D eigenvalue weighted by molar-refractivity contribution is 5.95. The molecule has 1 aromatic carbocycles. The summed E-state index contributed by atoms with van der Waals surface area (Å²) in [5, 5.41) is 2.76. The van der Waals surface area contributed by atoms with E-state index in [0.717, 1.165) is 43.9 Å². The number of rotatable bonds is 7. The Hall–Kier alpha value is -3.62. The second-order valence-corrected chi connectivity index (χ2v) is 8.07. The fourth-order valence-electron chi connectivity index (χ4n) is 4.05. The Bertz CT molecular complexity index is 977. The number of piperidine rings is 1. The second kappa shape index (κ2) is 9.67. The summed E-state index contributed by atoms with van der Waals surface area (Å²) in [5.74, 6) is 0.695. The summed E-state index contributed by atoms with van der Waals surface area (Å²) in [6.07, 6.45) is 4.74. The maximum absolute atomic E-state index is 12.2. The van der Waals surface area contributed by atoms with Gasteiger partial charge in [0.15, 0.2) is 6.61 Å². The Morgan fingerprint density at radius 2 is 1.94 bits per heavy atom. The Balaban J connectivity index is 1.26. The Morgan fingerprint density at radius 3 is 2.59 bits per heavy atom. The van der Waals surface area contributed by atoms with Crippen molar-refractivity contribution >= 4 is 34.9 Å². The molecule has 2 aliphatic heterocycles. The van der Waals surface area contributed by atoms with Crippen LogP contribution in [0.25, 0.3) is 0 Å². The second-order valence-electron chi connectivity index (χ2n) is 8.07. The van der Waals surface area contributed by atoms with Crippen molar-refractivity contribution in [2.45, 2.75) is 25.7 Å². The molecule has 2 saturated heterocycles. The van der Waals surface area contributed by atoms with Crippen molar-refractivity contribution in [1.29, 1.82) is 0 Å². The van der Waals surface area contributed by atoms with Gasteiger partial charge in [-0.25, -0.2) is 4.98 Å². The first-order chi connectivity index (χ1) is 15.5. The number of ether oxygens (including phenoxy) is 1. The maximum Gasteiger partial charge on any atom is 0.262 e. The van der Waals surface area contributed by atoms with Crippen LogP contribution < -0.4 is 25.6 Å². The summed E-state index contributed by atoms with van der Waals surface area (Å²) in [5.41, 5.74) is 6.84. The highest BCUT2D eigenvalue weighted by atomic mass is 16.5. The van der Waals surface area contributed by atoms with Crippen molar-refractivity contribution in [2.75, 3.05) is 41.4 Å². The summed E-state index contributed by atoms with van der Waals surface area (Å²) in [7, 11) is 0. The minimum absolute atomic E-state index is 0.130. The fourth-order valence-corrected chi connectivity index (χ4v) is 4.05. The van der Waals surface area contributed by atoms with Gasteiger partial charge in [0.05, 0.1) is 17.8 Å². The van der Waals surface area contributed by atoms with Crippen molar-refractivity contribution in [1.82, 2.24) is 4.98 Å². The van der Waals surface area contributed by atoms with Gasteiger partial charge in [0, 0.05) is 31.7 Å². The summed E-state index contributed by atoms with van der Waals surface area (Å²) in [4.78, 5) is 43.7. The highest BCUT2D eigenvalue weighted by Gasteiger charge is 2.25. The van der Waals surface area contributed by atoms with Crippen LogP contribution in [0, 0.1) is 5.92 Å². The molecule has 0 radical (unpaired) electrons. The lowest BCUT2D eigenvalue weighted by molar-refractivity contribution is -0.122. The molecule has 4 rings (SSSR count). The quantitative estimate of drug-likeness (QED) is 0.683. The van der Waals surface area contributed by atoms with E-state index in [0.29, 0.717) is 24.4 Å². The SMILES string of the molecule is NC(=O)C1CCCN(c2ccc(NC(=O)COc3ccc(N4CCCC4=O)cc3)cn2)C1. The average molecular weight is 438 g/mol. The Labute approximate surface area is 186 Å². The Kier molecular flexibility index (Phi) is 6.53. The number of aromatic nitrogens is 1. The van der Waals surface area contributed by atoms with Gasteiger partial charge in [-0.3, -0.25) is 14.4 Å². The van der Waals surface area contributed by atoms with E-state index < -0.39 is 0 Å². The van der Waals surface area contributed by atoms with E-state index in [1.54, 1.807) is 29.3 Å². The number of nitrogens with two attached hydrogens (primary N) is 1. The highest BCUT2D eigenvalue weighted by Crippen LogP contribution is 2.24. The molecule has 3 heterocycles. The van der Waals surface area contributed by atoms with Crippen LogP contribution in [0.2, 0.25) is 0 Å². The number of nitrogens with one attached hydrogen (secondary N) is 1. The first-order valence-corrected chi connectivity index (χ1v) is 10.8. The lowest BCUT2D eigenvalue weighted by Gasteiger charge is -2.32. The van der Waals surface area contributed by atoms with Gasteiger partial charge in [-0.05, 0) is 55.7 Å². The molecule has 9 heteroatoms. The molecular weight excluding hydrogens is 410 g/mol. The minimum Gasteiger partial charge on any atom is -0.484 e. The van der Waals surface area contributed by atoms with E-state index in [9.17, 15) is 14.4 Å². The zero-order valence-corrected chi connectivity index (χ0v) is 17.8. The molecule has 0 bridgehead atoms. The number of carbonyl (C=O) groups is 3. The maximum atomic E-state index is 12.2. The molecule has 2 fully saturated rings. The number of carbonyl (C=O) groups excluding carboxylic acids is 3. The van der Waals surface area contributed by atoms with Crippen molar-refractivity contribution in [3.8, 4) is 5.75 Å². The third-order valence-corrected chi connectivity index (χ3v) is 5.77. The van der Waals surface area contributed by atoms with Crippen LogP contribution in [0.5, 0.6) is 5.75 Å². The van der Waals surface area contributed by atoms with E-state index in [1.165, 1.54) is 0 Å². The molecule has 1 unspecified atom stereocenters. The molecule has 168 valence electrons. The van der Waals surface area contributed by atoms with E-state index in [1.807, 2.05) is 23.1 Å². The molecule has 32 heavy (non-hydrogen) atoms. The molecular formula is C23H27N5O4. The number of benzene rings is 1. The summed E-state index contributed by atoms with van der Waals surface area (Å²) in [6, 6.07) is 10.7. The van der Waals surface area contributed by atoms with Gasteiger partial charge < -0.3 is 25.6 Å². The van der Waals surface area contributed by atoms with E-state index in [4.69, 9.17) is 10.5 Å². The largest absolute Gasteiger partial charge is 0.484 e. The molecule has 0 saturated carbocycles. The van der Waals surface area contributed by atoms with E-state index in [2.05, 4.69) is 10.3 Å². The molecule has 9 nitrogen and oxygen atoms in total. The smallest absolute Gasteiger partial charge is 0.262 e. The number of anilines is 3. The van der Waals surface area contributed by atoms with E-state index >= 15 is 0 Å². The van der Waals surface area contributed by atoms with Gasteiger partial charge in [0.1, 0.15) is 11.6 Å². The van der Waals surface area contributed by atoms with E-state index in [-0.39, 0.29) is 30.2 Å².